The van der Waals surface area contributed by atoms with Crippen molar-refractivity contribution in [3.63, 3.8) is 0 Å². The van der Waals surface area contributed by atoms with Crippen molar-refractivity contribution in [1.29, 1.82) is 0 Å². The fourth-order valence-corrected chi connectivity index (χ4v) is 1.16. The molecule has 0 bridgehead atoms. The molecule has 7 nitrogen and oxygen atoms in total. The van der Waals surface area contributed by atoms with Gasteiger partial charge in [-0.25, -0.2) is 4.79 Å². The maximum absolute atomic E-state index is 11.0. The first kappa shape index (κ1) is 20.0. The van der Waals surface area contributed by atoms with Gasteiger partial charge in [0.2, 0.25) is 0 Å². The van der Waals surface area contributed by atoms with Crippen molar-refractivity contribution < 1.29 is 28.5 Å². The largest absolute Gasteiger partial charge is 0.460 e. The van der Waals surface area contributed by atoms with Crippen LogP contribution < -0.4 is 5.73 Å². The van der Waals surface area contributed by atoms with Gasteiger partial charge in [-0.15, -0.1) is 0 Å². The summed E-state index contributed by atoms with van der Waals surface area (Å²) in [6.07, 6.45) is 0. The van der Waals surface area contributed by atoms with Crippen molar-refractivity contribution >= 4 is 5.97 Å². The second-order valence-electron chi connectivity index (χ2n) is 4.15. The molecule has 0 aromatic heterocycles. The monoisotopic (exact) mass is 305 g/mol. The molecule has 0 aromatic carbocycles. The normalized spacial score (nSPS) is 10.6. The Balaban J connectivity index is 3.06. The maximum Gasteiger partial charge on any atom is 0.333 e. The Kier molecular flexibility index (Phi) is 14.7. The van der Waals surface area contributed by atoms with Crippen LogP contribution in [0.5, 0.6) is 0 Å². The van der Waals surface area contributed by atoms with E-state index < -0.39 is 5.97 Å². The number of carbonyl (C=O) groups is 1. The van der Waals surface area contributed by atoms with Gasteiger partial charge in [0.1, 0.15) is 6.61 Å². The Hall–Kier alpha value is -0.990. The van der Waals surface area contributed by atoms with E-state index in [4.69, 9.17) is 29.4 Å². The second-order valence-corrected chi connectivity index (χ2v) is 4.15. The minimum absolute atomic E-state index is 0.220. The lowest BCUT2D eigenvalue weighted by Crippen LogP contribution is -2.15. The molecule has 0 aliphatic carbocycles. The summed E-state index contributed by atoms with van der Waals surface area (Å²) in [5.41, 5.74) is 5.65. The first-order chi connectivity index (χ1) is 10.2. The van der Waals surface area contributed by atoms with Gasteiger partial charge in [0.05, 0.1) is 52.9 Å². The molecule has 0 amide bonds. The molecule has 0 saturated heterocycles. The van der Waals surface area contributed by atoms with Gasteiger partial charge in [-0.3, -0.25) is 0 Å². The average Bonchev–Trinajstić information content (AvgIpc) is 2.47. The van der Waals surface area contributed by atoms with Gasteiger partial charge in [0.15, 0.2) is 0 Å². The summed E-state index contributed by atoms with van der Waals surface area (Å²) in [5, 5.41) is 0. The fraction of sp³-hybridized carbons (Fsp3) is 0.786. The SMILES string of the molecule is C=C(C)C(=O)OCCOCCOCCOCCOCCN. The molecule has 0 aromatic rings. The summed E-state index contributed by atoms with van der Waals surface area (Å²) in [5.74, 6) is -0.401. The number of rotatable bonds is 15. The van der Waals surface area contributed by atoms with Crippen molar-refractivity contribution in [3.05, 3.63) is 12.2 Å². The minimum Gasteiger partial charge on any atom is -0.460 e. The number of nitrogens with two attached hydrogens (primary N) is 1. The van der Waals surface area contributed by atoms with E-state index in [1.54, 1.807) is 6.92 Å². The molecule has 0 fully saturated rings. The van der Waals surface area contributed by atoms with E-state index in [-0.39, 0.29) is 6.61 Å². The molecule has 0 radical (unpaired) electrons. The topological polar surface area (TPSA) is 89.2 Å². The van der Waals surface area contributed by atoms with E-state index >= 15 is 0 Å². The molecule has 0 heterocycles. The van der Waals surface area contributed by atoms with Gasteiger partial charge in [-0.1, -0.05) is 6.58 Å². The zero-order valence-corrected chi connectivity index (χ0v) is 12.8. The van der Waals surface area contributed by atoms with Crippen LogP contribution in [0.1, 0.15) is 6.92 Å². The summed E-state index contributed by atoms with van der Waals surface area (Å²) in [6, 6.07) is 0. The lowest BCUT2D eigenvalue weighted by molar-refractivity contribution is -0.140. The summed E-state index contributed by atoms with van der Waals surface area (Å²) in [4.78, 5) is 11.0. The summed E-state index contributed by atoms with van der Waals surface area (Å²) < 4.78 is 25.8. The van der Waals surface area contributed by atoms with E-state index in [0.29, 0.717) is 65.0 Å². The molecule has 0 saturated carbocycles. The highest BCUT2D eigenvalue weighted by Crippen LogP contribution is 1.91. The molecule has 0 aliphatic heterocycles. The van der Waals surface area contributed by atoms with Gasteiger partial charge >= 0.3 is 5.97 Å². The van der Waals surface area contributed by atoms with E-state index in [1.165, 1.54) is 0 Å². The summed E-state index contributed by atoms with van der Waals surface area (Å²) in [7, 11) is 0. The average molecular weight is 305 g/mol. The lowest BCUT2D eigenvalue weighted by Gasteiger charge is -2.07. The predicted molar refractivity (Wildman–Crippen MR) is 78.1 cm³/mol. The van der Waals surface area contributed by atoms with Gasteiger partial charge in [-0.2, -0.15) is 0 Å². The number of ether oxygens (including phenoxy) is 5. The van der Waals surface area contributed by atoms with Gasteiger partial charge < -0.3 is 29.4 Å². The predicted octanol–water partition coefficient (Wildman–Crippen LogP) is 0.131. The molecular formula is C14H27NO6. The maximum atomic E-state index is 11.0. The first-order valence-corrected chi connectivity index (χ1v) is 7.02. The first-order valence-electron chi connectivity index (χ1n) is 7.02. The van der Waals surface area contributed by atoms with Crippen molar-refractivity contribution in [2.45, 2.75) is 6.92 Å². The molecule has 0 spiro atoms. The lowest BCUT2D eigenvalue weighted by atomic mass is 10.4. The molecule has 0 unspecified atom stereocenters. The Bertz CT molecular complexity index is 272. The Labute approximate surface area is 126 Å². The van der Waals surface area contributed by atoms with Crippen molar-refractivity contribution in [2.24, 2.45) is 5.73 Å². The van der Waals surface area contributed by atoms with E-state index in [9.17, 15) is 4.79 Å². The molecular weight excluding hydrogens is 278 g/mol. The smallest absolute Gasteiger partial charge is 0.333 e. The Morgan fingerprint density at radius 3 is 1.57 bits per heavy atom. The highest BCUT2D eigenvalue weighted by molar-refractivity contribution is 5.86. The zero-order valence-electron chi connectivity index (χ0n) is 12.8. The van der Waals surface area contributed by atoms with Crippen LogP contribution in [0.15, 0.2) is 12.2 Å². The quantitative estimate of drug-likeness (QED) is 0.261. The third-order valence-electron chi connectivity index (χ3n) is 2.19. The van der Waals surface area contributed by atoms with E-state index in [1.807, 2.05) is 0 Å². The Morgan fingerprint density at radius 1 is 0.810 bits per heavy atom. The molecule has 0 aliphatic rings. The molecule has 124 valence electrons. The number of carbonyl (C=O) groups excluding carboxylic acids is 1. The van der Waals surface area contributed by atoms with Gasteiger partial charge in [-0.05, 0) is 6.92 Å². The third-order valence-corrected chi connectivity index (χ3v) is 2.19. The highest BCUT2D eigenvalue weighted by atomic mass is 16.6. The summed E-state index contributed by atoms with van der Waals surface area (Å²) >= 11 is 0. The number of esters is 1. The van der Waals surface area contributed by atoms with Gasteiger partial charge in [0.25, 0.3) is 0 Å². The number of hydrogen-bond donors (Lipinski definition) is 1. The molecule has 2 N–H and O–H groups in total. The van der Waals surface area contributed by atoms with E-state index in [0.717, 1.165) is 0 Å². The van der Waals surface area contributed by atoms with Gasteiger partial charge in [0, 0.05) is 12.1 Å². The van der Waals surface area contributed by atoms with Crippen LogP contribution in [0.4, 0.5) is 0 Å². The Morgan fingerprint density at radius 2 is 1.19 bits per heavy atom. The van der Waals surface area contributed by atoms with Crippen LogP contribution in [0.25, 0.3) is 0 Å². The van der Waals surface area contributed by atoms with Crippen LogP contribution in [0, 0.1) is 0 Å². The van der Waals surface area contributed by atoms with Crippen LogP contribution in [0.2, 0.25) is 0 Å². The third kappa shape index (κ3) is 15.2. The molecule has 0 atom stereocenters. The standard InChI is InChI=1S/C14H27NO6/c1-13(2)14(16)21-12-11-20-10-9-19-8-7-18-6-5-17-4-3-15/h1,3-12,15H2,2H3. The van der Waals surface area contributed by atoms with Crippen molar-refractivity contribution in [1.82, 2.24) is 0 Å². The van der Waals surface area contributed by atoms with Crippen LogP contribution in [-0.2, 0) is 28.5 Å². The minimum atomic E-state index is -0.401. The molecule has 21 heavy (non-hydrogen) atoms. The second kappa shape index (κ2) is 15.4. The van der Waals surface area contributed by atoms with Crippen LogP contribution >= 0.6 is 0 Å². The molecule has 0 rings (SSSR count). The fourth-order valence-electron chi connectivity index (χ4n) is 1.16. The highest BCUT2D eigenvalue weighted by Gasteiger charge is 2.01. The van der Waals surface area contributed by atoms with Crippen LogP contribution in [-0.4, -0.2) is 72.0 Å². The van der Waals surface area contributed by atoms with Crippen LogP contribution in [0.3, 0.4) is 0 Å². The zero-order chi connectivity index (χ0) is 15.8. The van der Waals surface area contributed by atoms with Crippen molar-refractivity contribution in [2.75, 3.05) is 66.0 Å². The number of hydrogen-bond acceptors (Lipinski definition) is 7. The summed E-state index contributed by atoms with van der Waals surface area (Å²) in [6.45, 7) is 9.75. The van der Waals surface area contributed by atoms with E-state index in [2.05, 4.69) is 6.58 Å². The van der Waals surface area contributed by atoms with Crippen molar-refractivity contribution in [3.8, 4) is 0 Å². The molecule has 7 heteroatoms.